The van der Waals surface area contributed by atoms with Gasteiger partial charge < -0.3 is 20.5 Å². The Morgan fingerprint density at radius 3 is 2.50 bits per heavy atom. The van der Waals surface area contributed by atoms with Gasteiger partial charge in [0.1, 0.15) is 5.75 Å². The summed E-state index contributed by atoms with van der Waals surface area (Å²) in [7, 11) is 1.53. The molecule has 148 valence electrons. The van der Waals surface area contributed by atoms with Crippen LogP contribution in [-0.2, 0) is 11.2 Å². The number of methoxy groups -OCH3 is 1. The Morgan fingerprint density at radius 2 is 1.86 bits per heavy atom. The number of hydrogen-bond acceptors (Lipinski definition) is 4. The summed E-state index contributed by atoms with van der Waals surface area (Å²) in [4.78, 5) is 23.3. The van der Waals surface area contributed by atoms with E-state index in [1.807, 2.05) is 24.3 Å². The van der Waals surface area contributed by atoms with E-state index in [9.17, 15) is 9.59 Å². The number of carbonyl (C=O) groups is 2. The van der Waals surface area contributed by atoms with Crippen molar-refractivity contribution in [3.63, 3.8) is 0 Å². The van der Waals surface area contributed by atoms with Crippen LogP contribution in [0.15, 0.2) is 42.5 Å². The maximum absolute atomic E-state index is 12.6. The Bertz CT molecular complexity index is 827. The molecule has 3 N–H and O–H groups in total. The first-order chi connectivity index (χ1) is 13.6. The lowest BCUT2D eigenvalue weighted by Crippen LogP contribution is -2.26. The summed E-state index contributed by atoms with van der Waals surface area (Å²) >= 11 is 0. The molecule has 2 aromatic rings. The molecule has 0 bridgehead atoms. The monoisotopic (exact) mass is 382 g/mol. The highest BCUT2D eigenvalue weighted by molar-refractivity contribution is 6.05. The van der Waals surface area contributed by atoms with Crippen molar-refractivity contribution in [1.82, 2.24) is 5.32 Å². The molecule has 1 heterocycles. The molecule has 3 rings (SSSR count). The predicted molar refractivity (Wildman–Crippen MR) is 108 cm³/mol. The van der Waals surface area contributed by atoms with Gasteiger partial charge in [0.25, 0.3) is 5.91 Å². The molecular weight excluding hydrogens is 356 g/mol. The lowest BCUT2D eigenvalue weighted by molar-refractivity contribution is -0.136. The molecule has 0 radical (unpaired) electrons. The Hall–Kier alpha value is -2.86. The van der Waals surface area contributed by atoms with Gasteiger partial charge in [-0.15, -0.1) is 0 Å². The van der Waals surface area contributed by atoms with Crippen LogP contribution in [0.4, 0.5) is 5.69 Å². The SMILES string of the molecule is COc1cc(CCC(=O)O)ccc1NC(=O)c1ccc(C2CCNCC2)cc1. The first-order valence-corrected chi connectivity index (χ1v) is 9.57. The highest BCUT2D eigenvalue weighted by Crippen LogP contribution is 2.28. The number of rotatable bonds is 7. The summed E-state index contributed by atoms with van der Waals surface area (Å²) in [5, 5.41) is 15.1. The van der Waals surface area contributed by atoms with E-state index >= 15 is 0 Å². The van der Waals surface area contributed by atoms with Gasteiger partial charge in [-0.25, -0.2) is 0 Å². The van der Waals surface area contributed by atoms with Crippen LogP contribution in [0, 0.1) is 0 Å². The quantitative estimate of drug-likeness (QED) is 0.683. The fraction of sp³-hybridized carbons (Fsp3) is 0.364. The molecule has 6 heteroatoms. The minimum atomic E-state index is -0.843. The molecule has 2 aromatic carbocycles. The summed E-state index contributed by atoms with van der Waals surface area (Å²) in [6.07, 6.45) is 2.71. The largest absolute Gasteiger partial charge is 0.495 e. The summed E-state index contributed by atoms with van der Waals surface area (Å²) in [5.74, 6) is 0.0251. The minimum Gasteiger partial charge on any atom is -0.495 e. The zero-order valence-corrected chi connectivity index (χ0v) is 16.0. The van der Waals surface area contributed by atoms with E-state index in [0.717, 1.165) is 31.5 Å². The molecule has 0 aromatic heterocycles. The van der Waals surface area contributed by atoms with Crippen molar-refractivity contribution < 1.29 is 19.4 Å². The average molecular weight is 382 g/mol. The second-order valence-corrected chi connectivity index (χ2v) is 7.03. The van der Waals surface area contributed by atoms with Crippen LogP contribution < -0.4 is 15.4 Å². The number of hydrogen-bond donors (Lipinski definition) is 3. The van der Waals surface area contributed by atoms with E-state index < -0.39 is 5.97 Å². The van der Waals surface area contributed by atoms with Crippen LogP contribution >= 0.6 is 0 Å². The van der Waals surface area contributed by atoms with Gasteiger partial charge >= 0.3 is 5.97 Å². The maximum atomic E-state index is 12.6. The fourth-order valence-electron chi connectivity index (χ4n) is 3.50. The molecule has 0 spiro atoms. The van der Waals surface area contributed by atoms with Crippen LogP contribution in [-0.4, -0.2) is 37.2 Å². The first-order valence-electron chi connectivity index (χ1n) is 9.57. The Kier molecular flexibility index (Phi) is 6.66. The number of piperidine rings is 1. The van der Waals surface area contributed by atoms with Gasteiger partial charge in [-0.3, -0.25) is 9.59 Å². The van der Waals surface area contributed by atoms with E-state index in [1.165, 1.54) is 12.7 Å². The molecule has 0 unspecified atom stereocenters. The number of carbonyl (C=O) groups excluding carboxylic acids is 1. The Balaban J connectivity index is 1.67. The van der Waals surface area contributed by atoms with Crippen LogP contribution in [0.3, 0.4) is 0 Å². The number of benzene rings is 2. The summed E-state index contributed by atoms with van der Waals surface area (Å²) in [6, 6.07) is 13.1. The number of amides is 1. The Labute approximate surface area is 164 Å². The molecular formula is C22H26N2O4. The fourth-order valence-corrected chi connectivity index (χ4v) is 3.50. The van der Waals surface area contributed by atoms with Crippen molar-refractivity contribution in [3.8, 4) is 5.75 Å². The second kappa shape index (κ2) is 9.37. The van der Waals surface area contributed by atoms with Gasteiger partial charge in [0.15, 0.2) is 0 Å². The van der Waals surface area contributed by atoms with E-state index in [0.29, 0.717) is 29.3 Å². The van der Waals surface area contributed by atoms with Crippen molar-refractivity contribution in [1.29, 1.82) is 0 Å². The van der Waals surface area contributed by atoms with Crippen molar-refractivity contribution >= 4 is 17.6 Å². The van der Waals surface area contributed by atoms with Gasteiger partial charge in [-0.1, -0.05) is 18.2 Å². The number of aryl methyl sites for hydroxylation is 1. The number of aliphatic carboxylic acids is 1. The number of anilines is 1. The number of ether oxygens (including phenoxy) is 1. The standard InChI is InChI=1S/C22H26N2O4/c1-28-20-14-15(3-9-21(25)26)2-8-19(20)24-22(27)18-6-4-16(5-7-18)17-10-12-23-13-11-17/h2,4-8,14,17,23H,3,9-13H2,1H3,(H,24,27)(H,25,26). The third-order valence-corrected chi connectivity index (χ3v) is 5.13. The van der Waals surface area contributed by atoms with Crippen molar-refractivity contribution in [2.24, 2.45) is 0 Å². The zero-order chi connectivity index (χ0) is 19.9. The van der Waals surface area contributed by atoms with Crippen molar-refractivity contribution in [2.45, 2.75) is 31.6 Å². The lowest BCUT2D eigenvalue weighted by atomic mass is 9.90. The summed E-state index contributed by atoms with van der Waals surface area (Å²) in [6.45, 7) is 2.07. The van der Waals surface area contributed by atoms with Crippen LogP contribution in [0.25, 0.3) is 0 Å². The van der Waals surface area contributed by atoms with Crippen molar-refractivity contribution in [3.05, 3.63) is 59.2 Å². The third kappa shape index (κ3) is 5.10. The predicted octanol–water partition coefficient (Wildman–Crippen LogP) is 3.43. The van der Waals surface area contributed by atoms with Gasteiger partial charge in [0.05, 0.1) is 12.8 Å². The van der Waals surface area contributed by atoms with Gasteiger partial charge in [0, 0.05) is 12.0 Å². The molecule has 0 saturated carbocycles. The number of carboxylic acid groups (broad SMARTS) is 1. The molecule has 6 nitrogen and oxygen atoms in total. The molecule has 1 fully saturated rings. The summed E-state index contributed by atoms with van der Waals surface area (Å²) in [5.41, 5.74) is 3.28. The van der Waals surface area contributed by atoms with Crippen LogP contribution in [0.1, 0.15) is 46.7 Å². The maximum Gasteiger partial charge on any atom is 0.303 e. The summed E-state index contributed by atoms with van der Waals surface area (Å²) < 4.78 is 5.36. The molecule has 0 aliphatic carbocycles. The average Bonchev–Trinajstić information content (AvgIpc) is 2.73. The van der Waals surface area contributed by atoms with Gasteiger partial charge in [-0.05, 0) is 73.7 Å². The molecule has 1 saturated heterocycles. The van der Waals surface area contributed by atoms with Crippen molar-refractivity contribution in [2.75, 3.05) is 25.5 Å². The Morgan fingerprint density at radius 1 is 1.14 bits per heavy atom. The van der Waals surface area contributed by atoms with Gasteiger partial charge in [-0.2, -0.15) is 0 Å². The number of carboxylic acids is 1. The second-order valence-electron chi connectivity index (χ2n) is 7.03. The molecule has 1 amide bonds. The first kappa shape index (κ1) is 19.9. The topological polar surface area (TPSA) is 87.7 Å². The lowest BCUT2D eigenvalue weighted by Gasteiger charge is -2.23. The molecule has 0 atom stereocenters. The zero-order valence-electron chi connectivity index (χ0n) is 16.0. The van der Waals surface area contributed by atoms with E-state index in [2.05, 4.69) is 10.6 Å². The smallest absolute Gasteiger partial charge is 0.303 e. The van der Waals surface area contributed by atoms with E-state index in [4.69, 9.17) is 9.84 Å². The van der Waals surface area contributed by atoms with Crippen LogP contribution in [0.2, 0.25) is 0 Å². The molecule has 28 heavy (non-hydrogen) atoms. The van der Waals surface area contributed by atoms with E-state index in [1.54, 1.807) is 18.2 Å². The minimum absolute atomic E-state index is 0.0538. The third-order valence-electron chi connectivity index (χ3n) is 5.13. The molecule has 1 aliphatic rings. The molecule has 1 aliphatic heterocycles. The van der Waals surface area contributed by atoms with E-state index in [-0.39, 0.29) is 12.3 Å². The normalized spacial score (nSPS) is 14.5. The highest BCUT2D eigenvalue weighted by Gasteiger charge is 2.16. The highest BCUT2D eigenvalue weighted by atomic mass is 16.5. The van der Waals surface area contributed by atoms with Crippen LogP contribution in [0.5, 0.6) is 5.75 Å². The number of nitrogens with one attached hydrogen (secondary N) is 2. The van der Waals surface area contributed by atoms with Gasteiger partial charge in [0.2, 0.25) is 0 Å².